The van der Waals surface area contributed by atoms with Gasteiger partial charge in [0.15, 0.2) is 6.10 Å². The van der Waals surface area contributed by atoms with Crippen molar-refractivity contribution in [3.63, 3.8) is 0 Å². The molecule has 0 aliphatic carbocycles. The predicted octanol–water partition coefficient (Wildman–Crippen LogP) is 3.49. The Morgan fingerprint density at radius 2 is 1.77 bits per heavy atom. The van der Waals surface area contributed by atoms with E-state index in [2.05, 4.69) is 17.1 Å². The minimum Gasteiger partial charge on any atom is -0.481 e. The first-order chi connectivity index (χ1) is 12.7. The molecule has 2 aromatic carbocycles. The van der Waals surface area contributed by atoms with Gasteiger partial charge in [-0.25, -0.2) is 0 Å². The topological polar surface area (TPSA) is 50.8 Å². The van der Waals surface area contributed by atoms with Gasteiger partial charge in [0.25, 0.3) is 5.91 Å². The van der Waals surface area contributed by atoms with Crippen molar-refractivity contribution in [1.29, 1.82) is 0 Å². The molecule has 0 spiro atoms. The SMILES string of the molecule is CCc1ccc(OC(C)C(=O)Nc2ccc(N3CCOCC3)cc2)cc1. The van der Waals surface area contributed by atoms with Crippen molar-refractivity contribution in [2.75, 3.05) is 36.5 Å². The number of nitrogens with one attached hydrogen (secondary N) is 1. The van der Waals surface area contributed by atoms with Crippen LogP contribution in [0.1, 0.15) is 19.4 Å². The maximum absolute atomic E-state index is 12.4. The van der Waals surface area contributed by atoms with E-state index in [-0.39, 0.29) is 5.91 Å². The van der Waals surface area contributed by atoms with E-state index in [0.717, 1.165) is 44.1 Å². The van der Waals surface area contributed by atoms with Crippen LogP contribution >= 0.6 is 0 Å². The second-order valence-corrected chi connectivity index (χ2v) is 6.39. The Bertz CT molecular complexity index is 707. The number of morpholine rings is 1. The fourth-order valence-electron chi connectivity index (χ4n) is 2.88. The summed E-state index contributed by atoms with van der Waals surface area (Å²) < 4.78 is 11.1. The molecule has 0 bridgehead atoms. The lowest BCUT2D eigenvalue weighted by Crippen LogP contribution is -2.36. The van der Waals surface area contributed by atoms with Crippen molar-refractivity contribution < 1.29 is 14.3 Å². The van der Waals surface area contributed by atoms with E-state index in [1.165, 1.54) is 5.56 Å². The largest absolute Gasteiger partial charge is 0.481 e. The Hall–Kier alpha value is -2.53. The average Bonchev–Trinajstić information content (AvgIpc) is 2.70. The molecular weight excluding hydrogens is 328 g/mol. The quantitative estimate of drug-likeness (QED) is 0.863. The minimum atomic E-state index is -0.568. The van der Waals surface area contributed by atoms with E-state index in [4.69, 9.17) is 9.47 Å². The monoisotopic (exact) mass is 354 g/mol. The molecule has 3 rings (SSSR count). The number of hydrogen-bond donors (Lipinski definition) is 1. The highest BCUT2D eigenvalue weighted by Crippen LogP contribution is 2.20. The lowest BCUT2D eigenvalue weighted by Gasteiger charge is -2.29. The van der Waals surface area contributed by atoms with E-state index in [0.29, 0.717) is 5.75 Å². The molecule has 1 heterocycles. The fourth-order valence-corrected chi connectivity index (χ4v) is 2.88. The molecule has 1 saturated heterocycles. The van der Waals surface area contributed by atoms with Gasteiger partial charge in [0.05, 0.1) is 13.2 Å². The third kappa shape index (κ3) is 4.76. The molecule has 1 aliphatic rings. The van der Waals surface area contributed by atoms with Gasteiger partial charge < -0.3 is 19.7 Å². The predicted molar refractivity (Wildman–Crippen MR) is 104 cm³/mol. The fraction of sp³-hybridized carbons (Fsp3) is 0.381. The van der Waals surface area contributed by atoms with Crippen LogP contribution in [0.15, 0.2) is 48.5 Å². The maximum atomic E-state index is 12.4. The highest BCUT2D eigenvalue weighted by atomic mass is 16.5. The summed E-state index contributed by atoms with van der Waals surface area (Å²) in [5, 5.41) is 2.91. The molecule has 1 fully saturated rings. The van der Waals surface area contributed by atoms with Gasteiger partial charge >= 0.3 is 0 Å². The van der Waals surface area contributed by atoms with Gasteiger partial charge in [-0.3, -0.25) is 4.79 Å². The van der Waals surface area contributed by atoms with E-state index >= 15 is 0 Å². The van der Waals surface area contributed by atoms with Crippen LogP contribution in [0.3, 0.4) is 0 Å². The molecule has 1 N–H and O–H groups in total. The number of amides is 1. The van der Waals surface area contributed by atoms with Crippen LogP contribution in [-0.4, -0.2) is 38.3 Å². The summed E-state index contributed by atoms with van der Waals surface area (Å²) in [5.74, 6) is 0.538. The van der Waals surface area contributed by atoms with E-state index in [1.807, 2.05) is 48.5 Å². The van der Waals surface area contributed by atoms with Crippen molar-refractivity contribution in [2.45, 2.75) is 26.4 Å². The number of carbonyl (C=O) groups excluding carboxylic acids is 1. The second-order valence-electron chi connectivity index (χ2n) is 6.39. The molecule has 1 aliphatic heterocycles. The van der Waals surface area contributed by atoms with Gasteiger partial charge in [0.1, 0.15) is 5.75 Å². The van der Waals surface area contributed by atoms with E-state index < -0.39 is 6.10 Å². The molecule has 2 aromatic rings. The number of carbonyl (C=O) groups is 1. The molecule has 26 heavy (non-hydrogen) atoms. The molecule has 0 radical (unpaired) electrons. The summed E-state index contributed by atoms with van der Waals surface area (Å²) >= 11 is 0. The van der Waals surface area contributed by atoms with Gasteiger partial charge in [-0.1, -0.05) is 19.1 Å². The zero-order valence-corrected chi connectivity index (χ0v) is 15.4. The lowest BCUT2D eigenvalue weighted by atomic mass is 10.2. The van der Waals surface area contributed by atoms with Gasteiger partial charge in [-0.2, -0.15) is 0 Å². The molecule has 1 unspecified atom stereocenters. The highest BCUT2D eigenvalue weighted by molar-refractivity contribution is 5.94. The molecule has 1 amide bonds. The maximum Gasteiger partial charge on any atom is 0.265 e. The molecule has 5 nitrogen and oxygen atoms in total. The first kappa shape index (κ1) is 18.3. The number of ether oxygens (including phenoxy) is 2. The van der Waals surface area contributed by atoms with Crippen LogP contribution in [0.5, 0.6) is 5.75 Å². The van der Waals surface area contributed by atoms with Crippen LogP contribution in [-0.2, 0) is 16.0 Å². The summed E-state index contributed by atoms with van der Waals surface area (Å²) in [7, 11) is 0. The minimum absolute atomic E-state index is 0.163. The van der Waals surface area contributed by atoms with Gasteiger partial charge in [0, 0.05) is 24.5 Å². The normalized spacial score (nSPS) is 15.4. The zero-order valence-electron chi connectivity index (χ0n) is 15.4. The van der Waals surface area contributed by atoms with Gasteiger partial charge in [-0.15, -0.1) is 0 Å². The number of anilines is 2. The number of aryl methyl sites for hydroxylation is 1. The molecule has 5 heteroatoms. The number of nitrogens with zero attached hydrogens (tertiary/aromatic N) is 1. The van der Waals surface area contributed by atoms with Gasteiger partial charge in [0.2, 0.25) is 0 Å². The van der Waals surface area contributed by atoms with Gasteiger partial charge in [-0.05, 0) is 55.3 Å². The molecule has 138 valence electrons. The Balaban J connectivity index is 1.54. The number of hydrogen-bond acceptors (Lipinski definition) is 4. The third-order valence-electron chi connectivity index (χ3n) is 4.52. The molecule has 0 saturated carbocycles. The lowest BCUT2D eigenvalue weighted by molar-refractivity contribution is -0.122. The Kier molecular flexibility index (Phi) is 6.12. The summed E-state index contributed by atoms with van der Waals surface area (Å²) in [4.78, 5) is 14.6. The molecular formula is C21H26N2O3. The highest BCUT2D eigenvalue weighted by Gasteiger charge is 2.16. The van der Waals surface area contributed by atoms with Crippen LogP contribution in [0.25, 0.3) is 0 Å². The van der Waals surface area contributed by atoms with Crippen molar-refractivity contribution in [3.8, 4) is 5.75 Å². The smallest absolute Gasteiger partial charge is 0.265 e. The first-order valence-electron chi connectivity index (χ1n) is 9.15. The summed E-state index contributed by atoms with van der Waals surface area (Å²) in [6.45, 7) is 7.17. The van der Waals surface area contributed by atoms with Crippen LogP contribution < -0.4 is 15.0 Å². The van der Waals surface area contributed by atoms with Crippen LogP contribution in [0.2, 0.25) is 0 Å². The Labute approximate surface area is 154 Å². The molecule has 1 atom stereocenters. The van der Waals surface area contributed by atoms with Crippen molar-refractivity contribution in [1.82, 2.24) is 0 Å². The van der Waals surface area contributed by atoms with E-state index in [1.54, 1.807) is 6.92 Å². The average molecular weight is 354 g/mol. The zero-order chi connectivity index (χ0) is 18.4. The molecule has 0 aromatic heterocycles. The number of benzene rings is 2. The van der Waals surface area contributed by atoms with Crippen molar-refractivity contribution in [2.24, 2.45) is 0 Å². The standard InChI is InChI=1S/C21H26N2O3/c1-3-17-4-10-20(11-5-17)26-16(2)21(24)22-18-6-8-19(9-7-18)23-12-14-25-15-13-23/h4-11,16H,3,12-15H2,1-2H3,(H,22,24). The third-order valence-corrected chi connectivity index (χ3v) is 4.52. The van der Waals surface area contributed by atoms with E-state index in [9.17, 15) is 4.79 Å². The van der Waals surface area contributed by atoms with Crippen molar-refractivity contribution >= 4 is 17.3 Å². The second kappa shape index (κ2) is 8.72. The summed E-state index contributed by atoms with van der Waals surface area (Å²) in [5.41, 5.74) is 3.16. The van der Waals surface area contributed by atoms with Crippen LogP contribution in [0.4, 0.5) is 11.4 Å². The van der Waals surface area contributed by atoms with Crippen molar-refractivity contribution in [3.05, 3.63) is 54.1 Å². The summed E-state index contributed by atoms with van der Waals surface area (Å²) in [6, 6.07) is 15.7. The Morgan fingerprint density at radius 3 is 2.38 bits per heavy atom. The number of rotatable bonds is 6. The summed E-state index contributed by atoms with van der Waals surface area (Å²) in [6.07, 6.45) is 0.415. The Morgan fingerprint density at radius 1 is 1.12 bits per heavy atom. The first-order valence-corrected chi connectivity index (χ1v) is 9.15. The van der Waals surface area contributed by atoms with Crippen LogP contribution in [0, 0.1) is 0 Å².